The molecule has 1 aromatic carbocycles. The van der Waals surface area contributed by atoms with E-state index in [0.29, 0.717) is 12.3 Å². The van der Waals surface area contributed by atoms with Gasteiger partial charge in [0, 0.05) is 26.3 Å². The van der Waals surface area contributed by atoms with E-state index in [1.165, 1.54) is 20.0 Å². The summed E-state index contributed by atoms with van der Waals surface area (Å²) in [5.74, 6) is 2.20. The number of rotatable bonds is 10. The molecule has 1 fully saturated rings. The molecule has 0 atom stereocenters. The number of aromatic hydroxyl groups is 1. The molecule has 1 aromatic rings. The zero-order valence-corrected chi connectivity index (χ0v) is 14.7. The van der Waals surface area contributed by atoms with Crippen LogP contribution in [0.2, 0.25) is 0 Å². The lowest BCUT2D eigenvalue weighted by atomic mass is 10.2. The van der Waals surface area contributed by atoms with Gasteiger partial charge in [-0.05, 0) is 49.8 Å². The van der Waals surface area contributed by atoms with Crippen molar-refractivity contribution in [2.45, 2.75) is 32.7 Å². The van der Waals surface area contributed by atoms with Crippen molar-refractivity contribution in [2.24, 2.45) is 10.9 Å². The number of aliphatic imine (C=N–C) groups is 1. The van der Waals surface area contributed by atoms with Crippen LogP contribution < -0.4 is 15.4 Å². The molecule has 0 saturated heterocycles. The Balaban J connectivity index is 1.73. The third-order valence-corrected chi connectivity index (χ3v) is 3.82. The Morgan fingerprint density at radius 3 is 2.83 bits per heavy atom. The molecule has 3 N–H and O–H groups in total. The van der Waals surface area contributed by atoms with Crippen LogP contribution in [0.3, 0.4) is 0 Å². The van der Waals surface area contributed by atoms with Crippen LogP contribution in [0, 0.1) is 5.92 Å². The number of hydrogen-bond donors (Lipinski definition) is 3. The topological polar surface area (TPSA) is 75.1 Å². The standard InChI is InChI=1S/C18H29N3O3/c1-3-19-18(20-9-4-10-24-13-14-5-6-14)21-12-15-7-8-17(23-2)16(22)11-15/h7-8,11,14,22H,3-6,9-10,12-13H2,1-2H3,(H2,19,20,21). The first-order valence-corrected chi connectivity index (χ1v) is 8.68. The molecule has 0 radical (unpaired) electrons. The maximum atomic E-state index is 9.81. The van der Waals surface area contributed by atoms with Crippen LogP contribution in [0.4, 0.5) is 0 Å². The fourth-order valence-corrected chi connectivity index (χ4v) is 2.26. The summed E-state index contributed by atoms with van der Waals surface area (Å²) in [7, 11) is 1.54. The summed E-state index contributed by atoms with van der Waals surface area (Å²) in [5, 5.41) is 16.3. The third-order valence-electron chi connectivity index (χ3n) is 3.82. The van der Waals surface area contributed by atoms with E-state index < -0.39 is 0 Å². The fraction of sp³-hybridized carbons (Fsp3) is 0.611. The Morgan fingerprint density at radius 2 is 2.17 bits per heavy atom. The molecule has 1 aliphatic carbocycles. The lowest BCUT2D eigenvalue weighted by Crippen LogP contribution is -2.38. The molecular weight excluding hydrogens is 306 g/mol. The van der Waals surface area contributed by atoms with E-state index in [4.69, 9.17) is 9.47 Å². The van der Waals surface area contributed by atoms with Gasteiger partial charge in [-0.25, -0.2) is 4.99 Å². The number of phenols is 1. The first-order valence-electron chi connectivity index (χ1n) is 8.68. The van der Waals surface area contributed by atoms with Crippen molar-refractivity contribution in [3.63, 3.8) is 0 Å². The van der Waals surface area contributed by atoms with Crippen molar-refractivity contribution in [1.29, 1.82) is 0 Å². The SMILES string of the molecule is CCNC(=NCc1ccc(OC)c(O)c1)NCCCOCC1CC1. The van der Waals surface area contributed by atoms with Gasteiger partial charge in [0.1, 0.15) is 0 Å². The van der Waals surface area contributed by atoms with Crippen molar-refractivity contribution in [2.75, 3.05) is 33.4 Å². The molecule has 0 amide bonds. The number of nitrogens with zero attached hydrogens (tertiary/aromatic N) is 1. The van der Waals surface area contributed by atoms with Crippen LogP contribution in [0.15, 0.2) is 23.2 Å². The van der Waals surface area contributed by atoms with E-state index in [9.17, 15) is 5.11 Å². The van der Waals surface area contributed by atoms with Crippen LogP contribution in [-0.2, 0) is 11.3 Å². The first kappa shape index (κ1) is 18.4. The summed E-state index contributed by atoms with van der Waals surface area (Å²) < 4.78 is 10.7. The molecule has 1 aliphatic rings. The van der Waals surface area contributed by atoms with E-state index in [-0.39, 0.29) is 5.75 Å². The average Bonchev–Trinajstić information content (AvgIpc) is 3.40. The minimum atomic E-state index is 0.135. The Morgan fingerprint density at radius 1 is 1.33 bits per heavy atom. The van der Waals surface area contributed by atoms with E-state index in [1.54, 1.807) is 12.1 Å². The quantitative estimate of drug-likeness (QED) is 0.347. The minimum absolute atomic E-state index is 0.135. The van der Waals surface area contributed by atoms with Crippen molar-refractivity contribution in [1.82, 2.24) is 10.6 Å². The number of benzene rings is 1. The zero-order chi connectivity index (χ0) is 17.2. The summed E-state index contributed by atoms with van der Waals surface area (Å²) in [6.45, 7) is 5.85. The molecule has 0 aliphatic heterocycles. The maximum Gasteiger partial charge on any atom is 0.191 e. The molecule has 0 unspecified atom stereocenters. The summed E-state index contributed by atoms with van der Waals surface area (Å²) in [6, 6.07) is 5.33. The van der Waals surface area contributed by atoms with Crippen molar-refractivity contribution in [3.8, 4) is 11.5 Å². The van der Waals surface area contributed by atoms with Gasteiger partial charge in [-0.2, -0.15) is 0 Å². The maximum absolute atomic E-state index is 9.81. The summed E-state index contributed by atoms with van der Waals surface area (Å²) in [6.07, 6.45) is 3.62. The minimum Gasteiger partial charge on any atom is -0.504 e. The molecule has 2 rings (SSSR count). The van der Waals surface area contributed by atoms with Crippen LogP contribution in [0.25, 0.3) is 0 Å². The molecular formula is C18H29N3O3. The van der Waals surface area contributed by atoms with Gasteiger partial charge in [-0.1, -0.05) is 6.07 Å². The van der Waals surface area contributed by atoms with E-state index in [0.717, 1.165) is 50.2 Å². The predicted octanol–water partition coefficient (Wildman–Crippen LogP) is 2.27. The number of phenolic OH excluding ortho intramolecular Hbond substituents is 1. The number of ether oxygens (including phenoxy) is 2. The third kappa shape index (κ3) is 6.66. The summed E-state index contributed by atoms with van der Waals surface area (Å²) in [5.41, 5.74) is 0.929. The highest BCUT2D eigenvalue weighted by Gasteiger charge is 2.20. The van der Waals surface area contributed by atoms with Gasteiger partial charge in [0.25, 0.3) is 0 Å². The Kier molecular flexibility index (Phi) is 7.68. The van der Waals surface area contributed by atoms with Gasteiger partial charge < -0.3 is 25.2 Å². The van der Waals surface area contributed by atoms with Crippen molar-refractivity contribution >= 4 is 5.96 Å². The highest BCUT2D eigenvalue weighted by atomic mass is 16.5. The molecule has 1 saturated carbocycles. The molecule has 6 nitrogen and oxygen atoms in total. The van der Waals surface area contributed by atoms with Gasteiger partial charge in [0.15, 0.2) is 17.5 Å². The lowest BCUT2D eigenvalue weighted by Gasteiger charge is -2.11. The Bertz CT molecular complexity index is 530. The van der Waals surface area contributed by atoms with Gasteiger partial charge in [0.05, 0.1) is 13.7 Å². The second-order valence-corrected chi connectivity index (χ2v) is 6.00. The predicted molar refractivity (Wildman–Crippen MR) is 95.6 cm³/mol. The molecule has 0 aromatic heterocycles. The Labute approximate surface area is 144 Å². The van der Waals surface area contributed by atoms with E-state index >= 15 is 0 Å². The second kappa shape index (κ2) is 10.0. The molecule has 0 bridgehead atoms. The first-order chi connectivity index (χ1) is 11.7. The number of guanidine groups is 1. The number of hydrogen-bond acceptors (Lipinski definition) is 4. The van der Waals surface area contributed by atoms with Crippen LogP contribution in [-0.4, -0.2) is 44.5 Å². The van der Waals surface area contributed by atoms with Crippen LogP contribution >= 0.6 is 0 Å². The highest BCUT2D eigenvalue weighted by molar-refractivity contribution is 5.79. The van der Waals surface area contributed by atoms with Crippen molar-refractivity contribution < 1.29 is 14.6 Å². The summed E-state index contributed by atoms with van der Waals surface area (Å²) in [4.78, 5) is 4.54. The molecule has 24 heavy (non-hydrogen) atoms. The number of methoxy groups -OCH3 is 1. The second-order valence-electron chi connectivity index (χ2n) is 6.00. The molecule has 0 spiro atoms. The van der Waals surface area contributed by atoms with Gasteiger partial charge in [0.2, 0.25) is 0 Å². The summed E-state index contributed by atoms with van der Waals surface area (Å²) >= 11 is 0. The smallest absolute Gasteiger partial charge is 0.191 e. The monoisotopic (exact) mass is 335 g/mol. The van der Waals surface area contributed by atoms with E-state index in [1.807, 2.05) is 13.0 Å². The fourth-order valence-electron chi connectivity index (χ4n) is 2.26. The highest BCUT2D eigenvalue weighted by Crippen LogP contribution is 2.28. The average molecular weight is 335 g/mol. The zero-order valence-electron chi connectivity index (χ0n) is 14.7. The van der Waals surface area contributed by atoms with Gasteiger partial charge >= 0.3 is 0 Å². The molecule has 6 heteroatoms. The largest absolute Gasteiger partial charge is 0.504 e. The van der Waals surface area contributed by atoms with Gasteiger partial charge in [-0.15, -0.1) is 0 Å². The molecule has 134 valence electrons. The number of nitrogens with one attached hydrogen (secondary N) is 2. The Hall–Kier alpha value is -1.95. The van der Waals surface area contributed by atoms with Crippen LogP contribution in [0.1, 0.15) is 31.7 Å². The normalized spacial score (nSPS) is 14.5. The van der Waals surface area contributed by atoms with E-state index in [2.05, 4.69) is 15.6 Å². The lowest BCUT2D eigenvalue weighted by molar-refractivity contribution is 0.123. The van der Waals surface area contributed by atoms with Crippen LogP contribution in [0.5, 0.6) is 11.5 Å². The van der Waals surface area contributed by atoms with Gasteiger partial charge in [-0.3, -0.25) is 0 Å². The molecule has 0 heterocycles. The van der Waals surface area contributed by atoms with Crippen molar-refractivity contribution in [3.05, 3.63) is 23.8 Å².